The molecule has 0 spiro atoms. The van der Waals surface area contributed by atoms with Crippen LogP contribution in [0.25, 0.3) is 0 Å². The van der Waals surface area contributed by atoms with Crippen LogP contribution in [0.1, 0.15) is 208 Å². The largest absolute Gasteiger partial charge is 0.457 e. The maximum Gasteiger partial charge on any atom is 0.384 e. The first-order valence-corrected chi connectivity index (χ1v) is 41.1. The fraction of sp³-hybridized carbons (Fsp3) is 0.693. The summed E-state index contributed by atoms with van der Waals surface area (Å²) >= 11 is 0. The third-order valence-electron chi connectivity index (χ3n) is 19.6. The Morgan fingerprint density at radius 1 is 0.277 bits per heavy atom. The average molecular weight is 1580 g/mol. The Kier molecular flexibility index (Phi) is 65.6. The minimum absolute atomic E-state index is 0.256. The van der Waals surface area contributed by atoms with Gasteiger partial charge in [-0.1, -0.05) is 71.6 Å². The molecule has 3 aromatic rings. The van der Waals surface area contributed by atoms with E-state index in [1.165, 1.54) is 44.6 Å². The molecule has 3 aromatic heterocycles. The highest BCUT2D eigenvalue weighted by molar-refractivity contribution is 5.90. The Bertz CT molecular complexity index is 3140. The molecule has 638 valence electrons. The van der Waals surface area contributed by atoms with E-state index in [0.29, 0.717) is 46.2 Å². The first-order chi connectivity index (χ1) is 53.2. The smallest absolute Gasteiger partial charge is 0.384 e. The summed E-state index contributed by atoms with van der Waals surface area (Å²) in [4.78, 5) is 78.5. The van der Waals surface area contributed by atoms with Gasteiger partial charge in [-0.2, -0.15) is 0 Å². The summed E-state index contributed by atoms with van der Waals surface area (Å²) in [5.41, 5.74) is 0. The second kappa shape index (κ2) is 66.5. The predicted molar refractivity (Wildman–Crippen MR) is 446 cm³/mol. The van der Waals surface area contributed by atoms with E-state index < -0.39 is 29.8 Å². The van der Waals surface area contributed by atoms with E-state index in [1.54, 1.807) is 64.1 Å². The number of carbonyl (C=O) groups is 7. The molecule has 24 nitrogen and oxygen atoms in total. The number of rotatable bonds is 46. The highest BCUT2D eigenvalue weighted by Crippen LogP contribution is 2.15. The number of unbranched alkanes of at least 4 members (excludes halogenated alkanes) is 1. The topological polar surface area (TPSA) is 224 Å². The lowest BCUT2D eigenvalue weighted by Crippen LogP contribution is -2.51. The van der Waals surface area contributed by atoms with Gasteiger partial charge >= 0.3 is 41.8 Å². The molecule has 0 saturated heterocycles. The number of carbonyl (C=O) groups excluding carboxylic acids is 7. The molecule has 0 aliphatic carbocycles. The molecule has 112 heavy (non-hydrogen) atoms. The van der Waals surface area contributed by atoms with Crippen LogP contribution in [0.2, 0.25) is 0 Å². The van der Waals surface area contributed by atoms with E-state index >= 15 is 0 Å². The second-order valence-electron chi connectivity index (χ2n) is 29.3. The van der Waals surface area contributed by atoms with Crippen LogP contribution in [0.5, 0.6) is 0 Å². The summed E-state index contributed by atoms with van der Waals surface area (Å²) in [6.45, 7) is 65.2. The Balaban J connectivity index is -0.000000610. The van der Waals surface area contributed by atoms with Crippen molar-refractivity contribution in [2.45, 2.75) is 176 Å². The van der Waals surface area contributed by atoms with Crippen molar-refractivity contribution in [3.63, 3.8) is 0 Å². The molecule has 3 rings (SSSR count). The summed E-state index contributed by atoms with van der Waals surface area (Å²) < 4.78 is 57.1. The van der Waals surface area contributed by atoms with Crippen molar-refractivity contribution >= 4 is 41.8 Å². The standard InChI is InChI=1S/C15H26NO3.C15H28NO2.C14H26NO2.C13H22NO3.C12H22NO2.C10H16NO3.C9H16NO2/c1-4-9-16(6-3,10-5-2)11-13-19-15(17)14-8-7-12-18-14;1-5-9-12-16(8-4,11-7-3)13-14-18-15(17)10-6-2;1-5-9-14(16)17-13-12-15(8-4,10-6-2)11-7-3;1-4-14(5-2,6-3)9-11-17-13(15)12-8-7-10-16-12;1-5-9-12(14)15-11-10-13(6-2,7-3)8-4;1-11(2,3)6-8-14-10(12)9-5-4-7-13-9;1-5-6-9(11)12-8-7-10(2,3)4/h7-8,12H,4-6,9-11,13H2,1-3H3;5,7-9,11-14H2,1-4H3;6-8,10-13H2,1-4H3;7-8,10H,4-6,9,11H2,1-3H3;6-8,10-11H2,1-4H3;4-5,7H,6,8H2,1-3H3;7-8H2,1-4H3/q7*+1. The van der Waals surface area contributed by atoms with Gasteiger partial charge in [-0.25, -0.2) is 33.6 Å². The number of quaternary nitrogens is 7. The summed E-state index contributed by atoms with van der Waals surface area (Å²) in [6, 6.07) is 9.87. The maximum atomic E-state index is 11.7. The Hall–Kier alpha value is -7.91. The van der Waals surface area contributed by atoms with Crippen molar-refractivity contribution in [1.82, 2.24) is 0 Å². The van der Waals surface area contributed by atoms with E-state index in [2.05, 4.69) is 151 Å². The lowest BCUT2D eigenvalue weighted by Gasteiger charge is -2.37. The van der Waals surface area contributed by atoms with Crippen molar-refractivity contribution in [2.24, 2.45) is 0 Å². The molecule has 3 heterocycles. The third-order valence-corrected chi connectivity index (χ3v) is 19.6. The molecule has 0 amide bonds. The average Bonchev–Trinajstić information content (AvgIpc) is 1.20. The fourth-order valence-corrected chi connectivity index (χ4v) is 12.0. The van der Waals surface area contributed by atoms with Gasteiger partial charge in [0.15, 0.2) is 0 Å². The summed E-state index contributed by atoms with van der Waals surface area (Å²) in [7, 11) is 12.3. The van der Waals surface area contributed by atoms with E-state index in [4.69, 9.17) is 46.4 Å². The highest BCUT2D eigenvalue weighted by atomic mass is 16.6. The SMILES string of the molecule is CC#CC(=O)OCC[N+](C)(C)C.CC#CC(=O)OCC[N+](CC)(CC)CC.CC#CC(=O)OCC[N+](CC)(CCC)CCC.CC#CC(=O)OCC[N+](CC)(CCC)CCCC.CCC[N+](CC)(CCC)CCOC(=O)c1ccco1.CC[N+](CC)(CC)CCOC(=O)c1ccco1.C[N+](C)(C)CCOC(=O)c1ccco1. The molecule has 0 fully saturated rings. The second-order valence-corrected chi connectivity index (χ2v) is 29.3. The van der Waals surface area contributed by atoms with E-state index in [-0.39, 0.29) is 29.2 Å². The zero-order valence-electron chi connectivity index (χ0n) is 74.7. The molecule has 1 atom stereocenters. The summed E-state index contributed by atoms with van der Waals surface area (Å²) in [6.07, 6.45) is 12.7. The van der Waals surface area contributed by atoms with Gasteiger partial charge in [0, 0.05) is 23.7 Å². The number of likely N-dealkylation sites (N-methyl/N-ethyl adjacent to an activating group) is 7. The molecule has 0 saturated carbocycles. The lowest BCUT2D eigenvalue weighted by molar-refractivity contribution is -0.926. The van der Waals surface area contributed by atoms with Crippen LogP contribution in [0, 0.1) is 47.4 Å². The number of nitrogens with zero attached hydrogens (tertiary/aromatic N) is 7. The van der Waals surface area contributed by atoms with Crippen molar-refractivity contribution in [2.75, 3.05) is 233 Å². The van der Waals surface area contributed by atoms with Gasteiger partial charge in [0.25, 0.3) is 0 Å². The van der Waals surface area contributed by atoms with Crippen LogP contribution < -0.4 is 0 Å². The van der Waals surface area contributed by atoms with Crippen molar-refractivity contribution in [3.05, 3.63) is 72.5 Å². The quantitative estimate of drug-likeness (QED) is 0.0169. The molecule has 24 heteroatoms. The van der Waals surface area contributed by atoms with Crippen LogP contribution >= 0.6 is 0 Å². The van der Waals surface area contributed by atoms with E-state index in [0.717, 1.165) is 195 Å². The van der Waals surface area contributed by atoms with Crippen LogP contribution in [-0.4, -0.2) is 306 Å². The lowest BCUT2D eigenvalue weighted by atomic mass is 10.2. The summed E-state index contributed by atoms with van der Waals surface area (Å²) in [5.74, 6) is 17.6. The first-order valence-electron chi connectivity index (χ1n) is 41.1. The van der Waals surface area contributed by atoms with Crippen LogP contribution in [0.15, 0.2) is 68.4 Å². The number of ether oxygens (including phenoxy) is 7. The van der Waals surface area contributed by atoms with Gasteiger partial charge in [0.1, 0.15) is 92.1 Å². The number of hydrogen-bond acceptors (Lipinski definition) is 17. The maximum absolute atomic E-state index is 11.7. The molecular formula is C88H156N7O17+7. The zero-order chi connectivity index (χ0) is 85.8. The number of furan rings is 3. The minimum atomic E-state index is -0.439. The first kappa shape index (κ1) is 110. The van der Waals surface area contributed by atoms with Crippen LogP contribution in [-0.2, 0) is 52.3 Å². The Morgan fingerprint density at radius 2 is 0.482 bits per heavy atom. The van der Waals surface area contributed by atoms with Gasteiger partial charge in [0.05, 0.1) is 159 Å². The van der Waals surface area contributed by atoms with Gasteiger partial charge in [-0.3, -0.25) is 0 Å². The van der Waals surface area contributed by atoms with Crippen molar-refractivity contribution < 1.29 is 111 Å². The van der Waals surface area contributed by atoms with Crippen LogP contribution in [0.4, 0.5) is 0 Å². The van der Waals surface area contributed by atoms with Crippen molar-refractivity contribution in [3.8, 4) is 47.4 Å². The zero-order valence-corrected chi connectivity index (χ0v) is 74.7. The molecule has 0 radical (unpaired) electrons. The third kappa shape index (κ3) is 54.7. The molecular weight excluding hydrogens is 1430 g/mol. The monoisotopic (exact) mass is 1580 g/mol. The van der Waals surface area contributed by atoms with Gasteiger partial charge in [0.2, 0.25) is 17.3 Å². The molecule has 0 aromatic carbocycles. The normalized spacial score (nSPS) is 11.3. The minimum Gasteiger partial charge on any atom is -0.457 e. The Morgan fingerprint density at radius 3 is 0.670 bits per heavy atom. The molecule has 0 aliphatic rings. The van der Waals surface area contributed by atoms with Crippen molar-refractivity contribution in [1.29, 1.82) is 0 Å². The van der Waals surface area contributed by atoms with Gasteiger partial charge in [-0.05, 0) is 165 Å². The Labute approximate surface area is 678 Å². The molecule has 0 N–H and O–H groups in total. The van der Waals surface area contributed by atoms with E-state index in [1.807, 2.05) is 42.3 Å². The summed E-state index contributed by atoms with van der Waals surface area (Å²) in [5, 5.41) is 0. The van der Waals surface area contributed by atoms with Gasteiger partial charge < -0.3 is 77.8 Å². The molecule has 1 unspecified atom stereocenters. The van der Waals surface area contributed by atoms with Crippen LogP contribution in [0.3, 0.4) is 0 Å². The highest BCUT2D eigenvalue weighted by Gasteiger charge is 2.28. The number of hydrogen-bond donors (Lipinski definition) is 0. The molecule has 0 bridgehead atoms. The van der Waals surface area contributed by atoms with Gasteiger partial charge in [-0.15, -0.1) is 0 Å². The fourth-order valence-electron chi connectivity index (χ4n) is 12.0. The predicted octanol–water partition coefficient (Wildman–Crippen LogP) is 13.0. The molecule has 0 aliphatic heterocycles. The number of esters is 7. The van der Waals surface area contributed by atoms with E-state index in [9.17, 15) is 33.6 Å².